The molecule has 1 aromatic heterocycles. The lowest BCUT2D eigenvalue weighted by atomic mass is 9.80. The van der Waals surface area contributed by atoms with Crippen LogP contribution < -0.4 is 15.4 Å². The normalized spacial score (nSPS) is 17.6. The number of hydrogen-bond donors (Lipinski definition) is 2. The topological polar surface area (TPSA) is 79.4 Å². The molecule has 0 bridgehead atoms. The second-order valence-corrected chi connectivity index (χ2v) is 9.05. The number of carbonyl (C=O) groups is 1. The number of rotatable bonds is 5. The Kier molecular flexibility index (Phi) is 6.57. The van der Waals surface area contributed by atoms with Crippen molar-refractivity contribution in [1.29, 1.82) is 0 Å². The van der Waals surface area contributed by atoms with Gasteiger partial charge < -0.3 is 20.3 Å². The van der Waals surface area contributed by atoms with Crippen LogP contribution in [0.2, 0.25) is 0 Å². The van der Waals surface area contributed by atoms with Crippen LogP contribution in [0.4, 0.5) is 10.1 Å². The monoisotopic (exact) mass is 485 g/mol. The summed E-state index contributed by atoms with van der Waals surface area (Å²) in [6.07, 6.45) is 2.23. The molecule has 0 radical (unpaired) electrons. The zero-order chi connectivity index (χ0) is 23.6. The predicted molar refractivity (Wildman–Crippen MR) is 131 cm³/mol. The van der Waals surface area contributed by atoms with E-state index >= 15 is 0 Å². The number of aryl methyl sites for hydroxylation is 1. The largest absolute Gasteiger partial charge is 0.497 e. The maximum Gasteiger partial charge on any atom is 0.253 e. The summed E-state index contributed by atoms with van der Waals surface area (Å²) in [5.74, 6) is 0.123. The fourth-order valence-electron chi connectivity index (χ4n) is 4.07. The van der Waals surface area contributed by atoms with Crippen LogP contribution in [0.25, 0.3) is 0 Å². The Bertz CT molecular complexity index is 1190. The fraction of sp³-hybridized carbons (Fsp3) is 0.304. The van der Waals surface area contributed by atoms with Crippen LogP contribution in [0.15, 0.2) is 42.7 Å². The van der Waals surface area contributed by atoms with Crippen LogP contribution in [0.3, 0.4) is 0 Å². The van der Waals surface area contributed by atoms with E-state index in [0.29, 0.717) is 47.2 Å². The number of benzene rings is 2. The Morgan fingerprint density at radius 2 is 2.12 bits per heavy atom. The smallest absolute Gasteiger partial charge is 0.253 e. The van der Waals surface area contributed by atoms with Crippen LogP contribution in [0, 0.1) is 12.7 Å². The van der Waals surface area contributed by atoms with Gasteiger partial charge in [0.15, 0.2) is 5.11 Å². The number of halogens is 1. The van der Waals surface area contributed by atoms with Gasteiger partial charge in [-0.3, -0.25) is 4.79 Å². The van der Waals surface area contributed by atoms with Crippen molar-refractivity contribution >= 4 is 40.5 Å². The lowest BCUT2D eigenvalue weighted by molar-refractivity contribution is 0.0964. The zero-order valence-electron chi connectivity index (χ0n) is 18.5. The highest BCUT2D eigenvalue weighted by Crippen LogP contribution is 2.42. The van der Waals surface area contributed by atoms with E-state index in [1.165, 1.54) is 17.9 Å². The highest BCUT2D eigenvalue weighted by molar-refractivity contribution is 7.80. The number of nitrogens with one attached hydrogen (secondary N) is 2. The van der Waals surface area contributed by atoms with Crippen LogP contribution in [0.5, 0.6) is 5.75 Å². The second-order valence-electron chi connectivity index (χ2n) is 7.88. The van der Waals surface area contributed by atoms with E-state index in [0.717, 1.165) is 10.6 Å². The lowest BCUT2D eigenvalue weighted by Crippen LogP contribution is -2.38. The van der Waals surface area contributed by atoms with Crippen LogP contribution in [-0.4, -0.2) is 52.5 Å². The minimum Gasteiger partial charge on any atom is -0.497 e. The van der Waals surface area contributed by atoms with Crippen molar-refractivity contribution in [2.75, 3.05) is 32.6 Å². The molecular formula is C23H24FN5O2S2. The summed E-state index contributed by atoms with van der Waals surface area (Å²) in [5, 5.41) is 7.13. The summed E-state index contributed by atoms with van der Waals surface area (Å²) in [5.41, 5.74) is 1.92. The van der Waals surface area contributed by atoms with Gasteiger partial charge in [-0.15, -0.1) is 0 Å². The van der Waals surface area contributed by atoms with E-state index in [-0.39, 0.29) is 11.7 Å². The van der Waals surface area contributed by atoms with E-state index < -0.39 is 5.41 Å². The number of hydrogen-bond acceptors (Lipinski definition) is 6. The Morgan fingerprint density at radius 1 is 1.30 bits per heavy atom. The summed E-state index contributed by atoms with van der Waals surface area (Å²) >= 11 is 7.03. The third-order valence-electron chi connectivity index (χ3n) is 5.99. The first-order valence-electron chi connectivity index (χ1n) is 10.4. The van der Waals surface area contributed by atoms with E-state index in [4.69, 9.17) is 17.0 Å². The Morgan fingerprint density at radius 3 is 2.79 bits per heavy atom. The van der Waals surface area contributed by atoms with E-state index in [1.807, 2.05) is 11.0 Å². The summed E-state index contributed by atoms with van der Waals surface area (Å²) in [6, 6.07) is 10.5. The first-order valence-corrected chi connectivity index (χ1v) is 11.6. The average molecular weight is 486 g/mol. The van der Waals surface area contributed by atoms with Gasteiger partial charge in [-0.25, -0.2) is 9.37 Å². The molecule has 1 aliphatic rings. The maximum atomic E-state index is 14.5. The van der Waals surface area contributed by atoms with Crippen molar-refractivity contribution in [1.82, 2.24) is 19.6 Å². The van der Waals surface area contributed by atoms with Crippen LogP contribution in [-0.2, 0) is 5.41 Å². The van der Waals surface area contributed by atoms with Gasteiger partial charge in [-0.05, 0) is 66.4 Å². The predicted octanol–water partition coefficient (Wildman–Crippen LogP) is 3.74. The molecule has 0 spiro atoms. The number of thiocarbonyl (C=S) groups is 1. The van der Waals surface area contributed by atoms with E-state index in [1.54, 1.807) is 51.4 Å². The summed E-state index contributed by atoms with van der Waals surface area (Å²) in [4.78, 5) is 18.8. The second kappa shape index (κ2) is 9.40. The molecule has 1 fully saturated rings. The van der Waals surface area contributed by atoms with Crippen molar-refractivity contribution in [3.05, 3.63) is 70.2 Å². The molecule has 0 saturated carbocycles. The van der Waals surface area contributed by atoms with Crippen molar-refractivity contribution in [3.8, 4) is 5.75 Å². The molecule has 0 aliphatic carbocycles. The molecule has 1 atom stereocenters. The molecule has 172 valence electrons. The quantitative estimate of drug-likeness (QED) is 0.533. The van der Waals surface area contributed by atoms with Gasteiger partial charge in [0, 0.05) is 26.2 Å². The van der Waals surface area contributed by atoms with Crippen LogP contribution >= 0.6 is 23.8 Å². The number of likely N-dealkylation sites (tertiary alicyclic amines) is 1. The van der Waals surface area contributed by atoms with Gasteiger partial charge in [-0.1, -0.05) is 12.1 Å². The number of anilines is 1. The molecule has 33 heavy (non-hydrogen) atoms. The third-order valence-corrected chi connectivity index (χ3v) is 7.22. The van der Waals surface area contributed by atoms with E-state index in [2.05, 4.69) is 20.0 Å². The number of amides is 1. The van der Waals surface area contributed by atoms with Gasteiger partial charge in [0.1, 0.15) is 22.9 Å². The molecule has 7 nitrogen and oxygen atoms in total. The van der Waals surface area contributed by atoms with Gasteiger partial charge in [0.25, 0.3) is 5.91 Å². The molecule has 2 N–H and O–H groups in total. The van der Waals surface area contributed by atoms with Gasteiger partial charge in [0.2, 0.25) is 0 Å². The third kappa shape index (κ3) is 4.40. The number of aromatic nitrogens is 2. The number of ether oxygens (including phenoxy) is 1. The molecule has 10 heteroatoms. The Balaban J connectivity index is 1.64. The summed E-state index contributed by atoms with van der Waals surface area (Å²) < 4.78 is 24.0. The van der Waals surface area contributed by atoms with Crippen molar-refractivity contribution in [2.45, 2.75) is 18.8 Å². The molecule has 1 amide bonds. The highest BCUT2D eigenvalue weighted by Gasteiger charge is 2.44. The van der Waals surface area contributed by atoms with Crippen molar-refractivity contribution in [3.63, 3.8) is 0 Å². The van der Waals surface area contributed by atoms with Crippen molar-refractivity contribution in [2.24, 2.45) is 0 Å². The van der Waals surface area contributed by atoms with Gasteiger partial charge in [-0.2, -0.15) is 4.37 Å². The SMILES string of the molecule is CNC(=O)c1ccc(OC)cc1NC(=S)N1CC[C@](c2ccc(C)c(F)c2)(c2ncns2)C1. The first kappa shape index (κ1) is 23.1. The molecule has 3 aromatic rings. The Labute approximate surface area is 201 Å². The lowest BCUT2D eigenvalue weighted by Gasteiger charge is -2.29. The number of carbonyl (C=O) groups excluding carboxylic acids is 1. The van der Waals surface area contributed by atoms with Gasteiger partial charge in [0.05, 0.1) is 23.8 Å². The highest BCUT2D eigenvalue weighted by atomic mass is 32.1. The standard InChI is InChI=1S/C23H24FN5O2S2/c1-14-4-5-15(10-18(14)24)23(21-26-13-27-33-21)8-9-29(12-23)22(32)28-19-11-16(31-3)6-7-17(19)20(30)25-2/h4-7,10-11,13H,8-9,12H2,1-3H3,(H,25,30)(H,28,32)/t23-/m0/s1. The molecule has 0 unspecified atom stereocenters. The first-order chi connectivity index (χ1) is 15.9. The van der Waals surface area contributed by atoms with Crippen molar-refractivity contribution < 1.29 is 13.9 Å². The van der Waals surface area contributed by atoms with Gasteiger partial charge >= 0.3 is 0 Å². The summed E-state index contributed by atoms with van der Waals surface area (Å²) in [7, 11) is 3.14. The molecule has 4 rings (SSSR count). The minimum atomic E-state index is -0.528. The molecule has 2 heterocycles. The Hall–Kier alpha value is -3.11. The minimum absolute atomic E-state index is 0.234. The molecular weight excluding hydrogens is 461 g/mol. The molecule has 2 aromatic carbocycles. The summed E-state index contributed by atoms with van der Waals surface area (Å²) in [6.45, 7) is 2.89. The average Bonchev–Trinajstić information content (AvgIpc) is 3.51. The van der Waals surface area contributed by atoms with Crippen LogP contribution in [0.1, 0.15) is 32.9 Å². The number of nitrogens with zero attached hydrogens (tertiary/aromatic N) is 3. The molecule has 1 aliphatic heterocycles. The molecule has 1 saturated heterocycles. The fourth-order valence-corrected chi connectivity index (χ4v) is 5.09. The zero-order valence-corrected chi connectivity index (χ0v) is 20.1. The maximum absolute atomic E-state index is 14.5. The number of methoxy groups -OCH3 is 1. The van der Waals surface area contributed by atoms with E-state index in [9.17, 15) is 9.18 Å².